The molecule has 0 unspecified atom stereocenters. The van der Waals surface area contributed by atoms with E-state index in [0.29, 0.717) is 11.5 Å². The molecule has 166 valence electrons. The summed E-state index contributed by atoms with van der Waals surface area (Å²) >= 11 is 0. The second-order valence-corrected chi connectivity index (χ2v) is 9.70. The van der Waals surface area contributed by atoms with Crippen LogP contribution in [0.1, 0.15) is 61.8 Å². The van der Waals surface area contributed by atoms with Crippen molar-refractivity contribution in [2.24, 2.45) is 0 Å². The number of hydrogen-bond acceptors (Lipinski definition) is 2. The minimum atomic E-state index is 0.226. The Bertz CT molecular complexity index is 1360. The fourth-order valence-electron chi connectivity index (χ4n) is 5.14. The zero-order valence-corrected chi connectivity index (χ0v) is 19.7. The Labute approximate surface area is 196 Å². The van der Waals surface area contributed by atoms with Gasteiger partial charge in [0.05, 0.1) is 0 Å². The SMILES string of the molecule is CC(C)c1cc(-c2ccc3c(c2-c2ccc(O)c(C(C)C)c2)Cc2ccccc2-3)ccc1O. The van der Waals surface area contributed by atoms with Gasteiger partial charge in [-0.1, -0.05) is 76.2 Å². The van der Waals surface area contributed by atoms with Gasteiger partial charge in [0, 0.05) is 0 Å². The van der Waals surface area contributed by atoms with E-state index in [1.54, 1.807) is 0 Å². The lowest BCUT2D eigenvalue weighted by atomic mass is 9.85. The van der Waals surface area contributed by atoms with Gasteiger partial charge in [0.25, 0.3) is 0 Å². The highest BCUT2D eigenvalue weighted by Gasteiger charge is 2.25. The highest BCUT2D eigenvalue weighted by atomic mass is 16.3. The van der Waals surface area contributed by atoms with E-state index < -0.39 is 0 Å². The molecular weight excluding hydrogens is 404 g/mol. The zero-order valence-electron chi connectivity index (χ0n) is 19.7. The van der Waals surface area contributed by atoms with Crippen molar-refractivity contribution in [3.8, 4) is 44.9 Å². The zero-order chi connectivity index (χ0) is 23.3. The van der Waals surface area contributed by atoms with Crippen molar-refractivity contribution in [2.75, 3.05) is 0 Å². The maximum absolute atomic E-state index is 10.5. The minimum Gasteiger partial charge on any atom is -0.508 e. The van der Waals surface area contributed by atoms with Crippen LogP contribution in [0.5, 0.6) is 11.5 Å². The van der Waals surface area contributed by atoms with Crippen LogP contribution in [-0.2, 0) is 6.42 Å². The third-order valence-corrected chi connectivity index (χ3v) is 6.89. The summed E-state index contributed by atoms with van der Waals surface area (Å²) in [6.07, 6.45) is 0.891. The van der Waals surface area contributed by atoms with Gasteiger partial charge in [0.15, 0.2) is 0 Å². The van der Waals surface area contributed by atoms with Crippen LogP contribution in [0.2, 0.25) is 0 Å². The van der Waals surface area contributed by atoms with Gasteiger partial charge in [0.2, 0.25) is 0 Å². The van der Waals surface area contributed by atoms with E-state index >= 15 is 0 Å². The molecule has 1 aliphatic rings. The molecule has 0 saturated heterocycles. The molecule has 0 saturated carbocycles. The molecule has 0 radical (unpaired) electrons. The molecule has 33 heavy (non-hydrogen) atoms. The summed E-state index contributed by atoms with van der Waals surface area (Å²) in [4.78, 5) is 0. The van der Waals surface area contributed by atoms with Crippen LogP contribution in [-0.4, -0.2) is 10.2 Å². The highest BCUT2D eigenvalue weighted by molar-refractivity contribution is 5.94. The van der Waals surface area contributed by atoms with Crippen molar-refractivity contribution in [1.82, 2.24) is 0 Å². The minimum absolute atomic E-state index is 0.226. The van der Waals surface area contributed by atoms with E-state index in [2.05, 4.69) is 76.2 Å². The first-order chi connectivity index (χ1) is 15.8. The summed E-state index contributed by atoms with van der Waals surface area (Å²) in [6.45, 7) is 8.43. The molecule has 0 spiro atoms. The second kappa shape index (κ2) is 8.12. The van der Waals surface area contributed by atoms with E-state index in [0.717, 1.165) is 34.2 Å². The first kappa shape index (κ1) is 21.3. The molecule has 2 nitrogen and oxygen atoms in total. The topological polar surface area (TPSA) is 40.5 Å². The Balaban J connectivity index is 1.80. The van der Waals surface area contributed by atoms with Gasteiger partial charge in [-0.2, -0.15) is 0 Å². The average molecular weight is 435 g/mol. The summed E-state index contributed by atoms with van der Waals surface area (Å²) in [6, 6.07) is 25.0. The van der Waals surface area contributed by atoms with Crippen molar-refractivity contribution in [1.29, 1.82) is 0 Å². The lowest BCUT2D eigenvalue weighted by molar-refractivity contribution is 0.464. The molecule has 4 aromatic rings. The van der Waals surface area contributed by atoms with Crippen LogP contribution >= 0.6 is 0 Å². The number of hydrogen-bond donors (Lipinski definition) is 2. The molecular formula is C31H30O2. The smallest absolute Gasteiger partial charge is 0.119 e. The molecule has 2 heteroatoms. The van der Waals surface area contributed by atoms with Crippen molar-refractivity contribution in [2.45, 2.75) is 46.0 Å². The Morgan fingerprint density at radius 2 is 1.18 bits per heavy atom. The number of phenolic OH excluding ortho intramolecular Hbond substituents is 2. The summed E-state index contributed by atoms with van der Waals surface area (Å²) in [7, 11) is 0. The molecule has 1 aliphatic carbocycles. The van der Waals surface area contributed by atoms with Crippen LogP contribution in [0.4, 0.5) is 0 Å². The van der Waals surface area contributed by atoms with Gasteiger partial charge in [0.1, 0.15) is 11.5 Å². The number of phenols is 2. The molecule has 2 N–H and O–H groups in total. The van der Waals surface area contributed by atoms with Crippen molar-refractivity contribution < 1.29 is 10.2 Å². The molecule has 0 aromatic heterocycles. The summed E-state index contributed by atoms with van der Waals surface area (Å²) in [5, 5.41) is 20.9. The fraction of sp³-hybridized carbons (Fsp3) is 0.226. The number of benzene rings is 4. The molecule has 0 bridgehead atoms. The Morgan fingerprint density at radius 3 is 1.85 bits per heavy atom. The van der Waals surface area contributed by atoms with Gasteiger partial charge in [-0.05, 0) is 98.2 Å². The van der Waals surface area contributed by atoms with Gasteiger partial charge in [-0.25, -0.2) is 0 Å². The first-order valence-corrected chi connectivity index (χ1v) is 11.8. The normalized spacial score (nSPS) is 12.3. The van der Waals surface area contributed by atoms with E-state index in [1.165, 1.54) is 27.8 Å². The Morgan fingerprint density at radius 1 is 0.606 bits per heavy atom. The highest BCUT2D eigenvalue weighted by Crippen LogP contribution is 2.47. The summed E-state index contributed by atoms with van der Waals surface area (Å²) < 4.78 is 0. The molecule has 4 aromatic carbocycles. The second-order valence-electron chi connectivity index (χ2n) is 9.70. The molecule has 0 amide bonds. The largest absolute Gasteiger partial charge is 0.508 e. The third kappa shape index (κ3) is 3.60. The lowest BCUT2D eigenvalue weighted by Gasteiger charge is -2.19. The molecule has 5 rings (SSSR count). The van der Waals surface area contributed by atoms with E-state index in [-0.39, 0.29) is 11.8 Å². The van der Waals surface area contributed by atoms with E-state index in [4.69, 9.17) is 0 Å². The van der Waals surface area contributed by atoms with Crippen LogP contribution in [0.15, 0.2) is 72.8 Å². The quantitative estimate of drug-likeness (QED) is 0.299. The maximum Gasteiger partial charge on any atom is 0.119 e. The lowest BCUT2D eigenvalue weighted by Crippen LogP contribution is -1.96. The summed E-state index contributed by atoms with van der Waals surface area (Å²) in [5.41, 5.74) is 11.8. The van der Waals surface area contributed by atoms with Gasteiger partial charge >= 0.3 is 0 Å². The van der Waals surface area contributed by atoms with Gasteiger partial charge in [-0.3, -0.25) is 0 Å². The Kier molecular flexibility index (Phi) is 5.25. The molecule has 0 aliphatic heterocycles. The first-order valence-electron chi connectivity index (χ1n) is 11.8. The van der Waals surface area contributed by atoms with Crippen LogP contribution in [0, 0.1) is 0 Å². The predicted octanol–water partition coefficient (Wildman–Crippen LogP) is 8.25. The van der Waals surface area contributed by atoms with E-state index in [1.807, 2.05) is 24.3 Å². The maximum atomic E-state index is 10.5. The molecule has 0 fully saturated rings. The van der Waals surface area contributed by atoms with Gasteiger partial charge in [-0.15, -0.1) is 0 Å². The van der Waals surface area contributed by atoms with Crippen LogP contribution in [0.3, 0.4) is 0 Å². The molecule has 0 heterocycles. The van der Waals surface area contributed by atoms with Crippen molar-refractivity contribution in [3.05, 3.63) is 95.1 Å². The van der Waals surface area contributed by atoms with Crippen LogP contribution < -0.4 is 0 Å². The molecule has 0 atom stereocenters. The van der Waals surface area contributed by atoms with Crippen molar-refractivity contribution in [3.63, 3.8) is 0 Å². The van der Waals surface area contributed by atoms with Crippen LogP contribution in [0.25, 0.3) is 33.4 Å². The Hall–Kier alpha value is -3.52. The number of rotatable bonds is 4. The van der Waals surface area contributed by atoms with Gasteiger partial charge < -0.3 is 10.2 Å². The monoisotopic (exact) mass is 434 g/mol. The number of fused-ring (bicyclic) bond motifs is 3. The fourth-order valence-corrected chi connectivity index (χ4v) is 5.14. The van der Waals surface area contributed by atoms with Crippen molar-refractivity contribution >= 4 is 0 Å². The third-order valence-electron chi connectivity index (χ3n) is 6.89. The number of aromatic hydroxyl groups is 2. The average Bonchev–Trinajstić information content (AvgIpc) is 3.17. The standard InChI is InChI=1S/C31H30O2/c1-18(2)26-15-21(9-13-29(26)32)24-11-12-25-23-8-6-5-7-20(23)16-28(25)31(24)22-10-14-30(33)27(17-22)19(3)4/h5-15,17-19,32-33H,16H2,1-4H3. The summed E-state index contributed by atoms with van der Waals surface area (Å²) in [5.74, 6) is 1.14. The predicted molar refractivity (Wildman–Crippen MR) is 137 cm³/mol. The van der Waals surface area contributed by atoms with E-state index in [9.17, 15) is 10.2 Å².